The Morgan fingerprint density at radius 3 is 2.54 bits per heavy atom. The summed E-state index contributed by atoms with van der Waals surface area (Å²) >= 11 is 5.68. The van der Waals surface area contributed by atoms with E-state index >= 15 is 0 Å². The minimum absolute atomic E-state index is 0.145. The van der Waals surface area contributed by atoms with Crippen LogP contribution >= 0.6 is 11.6 Å². The van der Waals surface area contributed by atoms with Gasteiger partial charge in [-0.05, 0) is 19.3 Å². The van der Waals surface area contributed by atoms with Crippen LogP contribution in [0.25, 0.3) is 0 Å². The van der Waals surface area contributed by atoms with Crippen molar-refractivity contribution in [2.24, 2.45) is 5.92 Å². The van der Waals surface area contributed by atoms with Gasteiger partial charge in [-0.15, -0.1) is 11.6 Å². The van der Waals surface area contributed by atoms with Crippen LogP contribution in [0.3, 0.4) is 0 Å². The number of nitrogens with one attached hydrogen (secondary N) is 1. The lowest BCUT2D eigenvalue weighted by Crippen LogP contribution is -2.37. The molecule has 0 bridgehead atoms. The first-order chi connectivity index (χ1) is 6.11. The maximum absolute atomic E-state index is 11.3. The van der Waals surface area contributed by atoms with Crippen LogP contribution in [0.4, 0.5) is 0 Å². The molecule has 0 spiro atoms. The molecule has 1 amide bonds. The summed E-state index contributed by atoms with van der Waals surface area (Å²) in [6.07, 6.45) is 2.66. The van der Waals surface area contributed by atoms with E-state index in [0.29, 0.717) is 18.2 Å². The molecule has 1 N–H and O–H groups in total. The van der Waals surface area contributed by atoms with Crippen molar-refractivity contribution in [2.45, 2.75) is 46.1 Å². The van der Waals surface area contributed by atoms with Gasteiger partial charge in [0, 0.05) is 18.3 Å². The topological polar surface area (TPSA) is 29.1 Å². The number of alkyl halides is 1. The second-order valence-corrected chi connectivity index (χ2v) is 3.90. The normalized spacial score (nSPS) is 15.1. The molecular weight excluding hydrogens is 186 g/mol. The zero-order chi connectivity index (χ0) is 10.3. The van der Waals surface area contributed by atoms with E-state index in [4.69, 9.17) is 11.6 Å². The van der Waals surface area contributed by atoms with E-state index in [1.165, 1.54) is 0 Å². The highest BCUT2D eigenvalue weighted by molar-refractivity contribution is 6.18. The molecule has 0 aromatic heterocycles. The number of carbonyl (C=O) groups excluding carboxylic acids is 1. The fraction of sp³-hybridized carbons (Fsp3) is 0.900. The molecule has 0 heterocycles. The van der Waals surface area contributed by atoms with Crippen LogP contribution < -0.4 is 5.32 Å². The van der Waals surface area contributed by atoms with Gasteiger partial charge in [0.25, 0.3) is 0 Å². The van der Waals surface area contributed by atoms with E-state index in [1.54, 1.807) is 0 Å². The van der Waals surface area contributed by atoms with E-state index < -0.39 is 0 Å². The third-order valence-corrected chi connectivity index (χ3v) is 2.73. The summed E-state index contributed by atoms with van der Waals surface area (Å²) in [5.41, 5.74) is 0. The van der Waals surface area contributed by atoms with E-state index in [1.807, 2.05) is 13.8 Å². The van der Waals surface area contributed by atoms with Crippen LogP contribution in [0, 0.1) is 5.92 Å². The molecule has 13 heavy (non-hydrogen) atoms. The second kappa shape index (κ2) is 7.19. The summed E-state index contributed by atoms with van der Waals surface area (Å²) in [4.78, 5) is 11.3. The molecule has 0 aromatic rings. The van der Waals surface area contributed by atoms with E-state index in [2.05, 4.69) is 12.2 Å². The van der Waals surface area contributed by atoms with Gasteiger partial charge in [-0.3, -0.25) is 4.79 Å². The Kier molecular flexibility index (Phi) is 7.06. The largest absolute Gasteiger partial charge is 0.353 e. The molecule has 0 aliphatic heterocycles. The first-order valence-electron chi connectivity index (χ1n) is 4.97. The highest BCUT2D eigenvalue weighted by Gasteiger charge is 2.12. The standard InChI is InChI=1S/C10H20ClNO/c1-4-5-6-10(13)12-9(3)8(2)7-11/h8-9H,4-7H2,1-3H3,(H,12,13). The molecule has 0 saturated heterocycles. The van der Waals surface area contributed by atoms with E-state index in [0.717, 1.165) is 12.8 Å². The highest BCUT2D eigenvalue weighted by Crippen LogP contribution is 2.05. The van der Waals surface area contributed by atoms with Gasteiger partial charge in [0.05, 0.1) is 0 Å². The fourth-order valence-electron chi connectivity index (χ4n) is 0.939. The lowest BCUT2D eigenvalue weighted by atomic mass is 10.1. The average molecular weight is 206 g/mol. The molecule has 2 nitrogen and oxygen atoms in total. The SMILES string of the molecule is CCCCC(=O)NC(C)C(C)CCl. The quantitative estimate of drug-likeness (QED) is 0.664. The van der Waals surface area contributed by atoms with Gasteiger partial charge < -0.3 is 5.32 Å². The van der Waals surface area contributed by atoms with Crippen LogP contribution in [0.15, 0.2) is 0 Å². The smallest absolute Gasteiger partial charge is 0.220 e. The van der Waals surface area contributed by atoms with Crippen LogP contribution in [-0.2, 0) is 4.79 Å². The monoisotopic (exact) mass is 205 g/mol. The summed E-state index contributed by atoms with van der Waals surface area (Å²) < 4.78 is 0. The van der Waals surface area contributed by atoms with Crippen molar-refractivity contribution in [2.75, 3.05) is 5.88 Å². The minimum atomic E-state index is 0.145. The molecular formula is C10H20ClNO. The molecule has 0 aliphatic rings. The predicted octanol–water partition coefficient (Wildman–Crippen LogP) is 2.56. The van der Waals surface area contributed by atoms with Crippen molar-refractivity contribution < 1.29 is 4.79 Å². The zero-order valence-electron chi connectivity index (χ0n) is 8.77. The first kappa shape index (κ1) is 12.8. The Balaban J connectivity index is 3.64. The molecule has 0 fully saturated rings. The summed E-state index contributed by atoms with van der Waals surface area (Å²) in [5.74, 6) is 1.08. The van der Waals surface area contributed by atoms with Crippen molar-refractivity contribution in [1.82, 2.24) is 5.32 Å². The van der Waals surface area contributed by atoms with Gasteiger partial charge in [-0.25, -0.2) is 0 Å². The second-order valence-electron chi connectivity index (χ2n) is 3.59. The molecule has 78 valence electrons. The van der Waals surface area contributed by atoms with Crippen molar-refractivity contribution >= 4 is 17.5 Å². The number of unbranched alkanes of at least 4 members (excludes halogenated alkanes) is 1. The van der Waals surface area contributed by atoms with Crippen molar-refractivity contribution in [3.8, 4) is 0 Å². The molecule has 3 heteroatoms. The van der Waals surface area contributed by atoms with Gasteiger partial charge >= 0.3 is 0 Å². The van der Waals surface area contributed by atoms with Crippen molar-refractivity contribution in [3.05, 3.63) is 0 Å². The van der Waals surface area contributed by atoms with Crippen molar-refractivity contribution in [3.63, 3.8) is 0 Å². The van der Waals surface area contributed by atoms with Crippen LogP contribution in [0.1, 0.15) is 40.0 Å². The number of hydrogen-bond acceptors (Lipinski definition) is 1. The number of rotatable bonds is 6. The molecule has 2 atom stereocenters. The minimum Gasteiger partial charge on any atom is -0.353 e. The number of amides is 1. The lowest BCUT2D eigenvalue weighted by Gasteiger charge is -2.18. The summed E-state index contributed by atoms with van der Waals surface area (Å²) in [7, 11) is 0. The summed E-state index contributed by atoms with van der Waals surface area (Å²) in [6.45, 7) is 6.12. The van der Waals surface area contributed by atoms with Crippen LogP contribution in [0.2, 0.25) is 0 Å². The van der Waals surface area contributed by atoms with Gasteiger partial charge in [0.2, 0.25) is 5.91 Å². The Bertz CT molecular complexity index is 150. The van der Waals surface area contributed by atoms with Gasteiger partial charge in [0.15, 0.2) is 0 Å². The lowest BCUT2D eigenvalue weighted by molar-refractivity contribution is -0.122. The van der Waals surface area contributed by atoms with Crippen molar-refractivity contribution in [1.29, 1.82) is 0 Å². The molecule has 2 unspecified atom stereocenters. The number of halogens is 1. The molecule has 0 aliphatic carbocycles. The molecule has 0 saturated carbocycles. The third-order valence-electron chi connectivity index (χ3n) is 2.24. The van der Waals surface area contributed by atoms with Gasteiger partial charge in [-0.1, -0.05) is 20.3 Å². The maximum atomic E-state index is 11.3. The van der Waals surface area contributed by atoms with Gasteiger partial charge in [-0.2, -0.15) is 0 Å². The predicted molar refractivity (Wildman–Crippen MR) is 57.0 cm³/mol. The zero-order valence-corrected chi connectivity index (χ0v) is 9.53. The Morgan fingerprint density at radius 1 is 1.46 bits per heavy atom. The summed E-state index contributed by atoms with van der Waals surface area (Å²) in [6, 6.07) is 0.182. The molecule has 0 radical (unpaired) electrons. The summed E-state index contributed by atoms with van der Waals surface area (Å²) in [5, 5.41) is 2.94. The maximum Gasteiger partial charge on any atom is 0.220 e. The third kappa shape index (κ3) is 5.92. The Hall–Kier alpha value is -0.240. The van der Waals surface area contributed by atoms with Crippen LogP contribution in [0.5, 0.6) is 0 Å². The van der Waals surface area contributed by atoms with E-state index in [-0.39, 0.29) is 11.9 Å². The first-order valence-corrected chi connectivity index (χ1v) is 5.50. The van der Waals surface area contributed by atoms with Crippen LogP contribution in [-0.4, -0.2) is 17.8 Å². The molecule has 0 rings (SSSR count). The van der Waals surface area contributed by atoms with E-state index in [9.17, 15) is 4.79 Å². The van der Waals surface area contributed by atoms with Gasteiger partial charge in [0.1, 0.15) is 0 Å². The number of hydrogen-bond donors (Lipinski definition) is 1. The fourth-order valence-corrected chi connectivity index (χ4v) is 1.21. The number of carbonyl (C=O) groups is 1. The Labute approximate surface area is 86.0 Å². The highest BCUT2D eigenvalue weighted by atomic mass is 35.5. The Morgan fingerprint density at radius 2 is 2.08 bits per heavy atom. The molecule has 0 aromatic carbocycles. The average Bonchev–Trinajstić information content (AvgIpc) is 2.13.